The number of ether oxygens (including phenoxy) is 1. The standard InChI is InChI=1S/C14H17N3O2/c1-2-12(7-9-18-8-1)16-13-5-3-11(4-6-13)14-17-15-10-19-14/h3-6,10,12,16H,1-2,7-9H2. The van der Waals surface area contributed by atoms with E-state index in [0.29, 0.717) is 11.9 Å². The molecule has 1 aliphatic heterocycles. The van der Waals surface area contributed by atoms with Crippen molar-refractivity contribution in [1.82, 2.24) is 10.2 Å². The number of benzene rings is 1. The highest BCUT2D eigenvalue weighted by atomic mass is 16.5. The van der Waals surface area contributed by atoms with Crippen LogP contribution in [0.1, 0.15) is 19.3 Å². The molecular formula is C14H17N3O2. The van der Waals surface area contributed by atoms with Crippen molar-refractivity contribution in [2.75, 3.05) is 18.5 Å². The molecule has 19 heavy (non-hydrogen) atoms. The number of anilines is 1. The van der Waals surface area contributed by atoms with Crippen LogP contribution in [0.25, 0.3) is 11.5 Å². The van der Waals surface area contributed by atoms with Gasteiger partial charge < -0.3 is 14.5 Å². The molecule has 0 aliphatic carbocycles. The first-order valence-electron chi connectivity index (χ1n) is 6.63. The minimum absolute atomic E-state index is 0.497. The van der Waals surface area contributed by atoms with Crippen molar-refractivity contribution < 1.29 is 9.15 Å². The highest BCUT2D eigenvalue weighted by Crippen LogP contribution is 2.21. The Balaban J connectivity index is 1.65. The zero-order chi connectivity index (χ0) is 12.9. The fourth-order valence-corrected chi connectivity index (χ4v) is 2.29. The van der Waals surface area contributed by atoms with Crippen molar-refractivity contribution in [3.63, 3.8) is 0 Å². The Labute approximate surface area is 112 Å². The normalized spacial score (nSPS) is 19.9. The number of aromatic nitrogens is 2. The molecule has 1 aromatic carbocycles. The third-order valence-electron chi connectivity index (χ3n) is 3.31. The summed E-state index contributed by atoms with van der Waals surface area (Å²) >= 11 is 0. The first kappa shape index (κ1) is 12.2. The van der Waals surface area contributed by atoms with E-state index < -0.39 is 0 Å². The van der Waals surface area contributed by atoms with Gasteiger partial charge in [-0.25, -0.2) is 0 Å². The van der Waals surface area contributed by atoms with E-state index in [1.54, 1.807) is 0 Å². The van der Waals surface area contributed by atoms with E-state index in [0.717, 1.165) is 43.7 Å². The predicted molar refractivity (Wildman–Crippen MR) is 71.8 cm³/mol. The number of rotatable bonds is 3. The van der Waals surface area contributed by atoms with Crippen molar-refractivity contribution >= 4 is 5.69 Å². The van der Waals surface area contributed by atoms with E-state index in [1.165, 1.54) is 6.39 Å². The third kappa shape index (κ3) is 3.12. The zero-order valence-electron chi connectivity index (χ0n) is 10.7. The molecule has 3 rings (SSSR count). The molecule has 1 saturated heterocycles. The van der Waals surface area contributed by atoms with Crippen LogP contribution in [0.3, 0.4) is 0 Å². The second kappa shape index (κ2) is 5.84. The average molecular weight is 259 g/mol. The van der Waals surface area contributed by atoms with Gasteiger partial charge in [-0.1, -0.05) is 0 Å². The lowest BCUT2D eigenvalue weighted by Crippen LogP contribution is -2.19. The van der Waals surface area contributed by atoms with Gasteiger partial charge in [-0.2, -0.15) is 0 Å². The second-order valence-corrected chi connectivity index (χ2v) is 4.71. The minimum atomic E-state index is 0.497. The molecule has 0 saturated carbocycles. The molecule has 100 valence electrons. The van der Waals surface area contributed by atoms with Crippen LogP contribution in [-0.2, 0) is 4.74 Å². The van der Waals surface area contributed by atoms with Gasteiger partial charge in [-0.15, -0.1) is 10.2 Å². The Kier molecular flexibility index (Phi) is 3.74. The summed E-state index contributed by atoms with van der Waals surface area (Å²) in [6.45, 7) is 1.73. The summed E-state index contributed by atoms with van der Waals surface area (Å²) in [5.41, 5.74) is 2.06. The molecule has 2 aromatic rings. The van der Waals surface area contributed by atoms with Crippen LogP contribution in [0.15, 0.2) is 35.1 Å². The highest BCUT2D eigenvalue weighted by Gasteiger charge is 2.12. The fraction of sp³-hybridized carbons (Fsp3) is 0.429. The summed E-state index contributed by atoms with van der Waals surface area (Å²) in [5, 5.41) is 11.1. The zero-order valence-corrected chi connectivity index (χ0v) is 10.7. The first-order valence-corrected chi connectivity index (χ1v) is 6.63. The lowest BCUT2D eigenvalue weighted by Gasteiger charge is -2.17. The van der Waals surface area contributed by atoms with Crippen LogP contribution in [0.5, 0.6) is 0 Å². The summed E-state index contributed by atoms with van der Waals surface area (Å²) in [6, 6.07) is 8.57. The molecule has 1 unspecified atom stereocenters. The summed E-state index contributed by atoms with van der Waals surface area (Å²) in [4.78, 5) is 0. The van der Waals surface area contributed by atoms with Crippen molar-refractivity contribution in [3.05, 3.63) is 30.7 Å². The van der Waals surface area contributed by atoms with Crippen molar-refractivity contribution in [3.8, 4) is 11.5 Å². The molecule has 0 amide bonds. The largest absolute Gasteiger partial charge is 0.423 e. The topological polar surface area (TPSA) is 60.2 Å². The minimum Gasteiger partial charge on any atom is -0.423 e. The lowest BCUT2D eigenvalue weighted by molar-refractivity contribution is 0.144. The molecular weight excluding hydrogens is 242 g/mol. The number of nitrogens with zero attached hydrogens (tertiary/aromatic N) is 2. The molecule has 1 N–H and O–H groups in total. The summed E-state index contributed by atoms with van der Waals surface area (Å²) in [6.07, 6.45) is 4.68. The Morgan fingerprint density at radius 3 is 2.79 bits per heavy atom. The molecule has 1 fully saturated rings. The van der Waals surface area contributed by atoms with E-state index in [-0.39, 0.29) is 0 Å². The van der Waals surface area contributed by atoms with Gasteiger partial charge in [0.1, 0.15) is 0 Å². The maximum absolute atomic E-state index is 5.46. The van der Waals surface area contributed by atoms with Gasteiger partial charge in [0.05, 0.1) is 0 Å². The Morgan fingerprint density at radius 1 is 1.11 bits per heavy atom. The quantitative estimate of drug-likeness (QED) is 0.918. The predicted octanol–water partition coefficient (Wildman–Crippen LogP) is 2.72. The smallest absolute Gasteiger partial charge is 0.247 e. The van der Waals surface area contributed by atoms with Gasteiger partial charge in [0.2, 0.25) is 12.3 Å². The average Bonchev–Trinajstić information content (AvgIpc) is 2.86. The second-order valence-electron chi connectivity index (χ2n) is 4.71. The number of hydrogen-bond acceptors (Lipinski definition) is 5. The first-order chi connectivity index (χ1) is 9.42. The van der Waals surface area contributed by atoms with Gasteiger partial charge in [0.15, 0.2) is 0 Å². The molecule has 5 heteroatoms. The Bertz CT molecular complexity index is 488. The van der Waals surface area contributed by atoms with Crippen LogP contribution in [0, 0.1) is 0 Å². The summed E-state index contributed by atoms with van der Waals surface area (Å²) in [7, 11) is 0. The highest BCUT2D eigenvalue weighted by molar-refractivity contribution is 5.58. The molecule has 0 bridgehead atoms. The number of nitrogens with one attached hydrogen (secondary N) is 1. The molecule has 1 aliphatic rings. The van der Waals surface area contributed by atoms with E-state index >= 15 is 0 Å². The summed E-state index contributed by atoms with van der Waals surface area (Å²) in [5.74, 6) is 0.550. The van der Waals surface area contributed by atoms with Crippen LogP contribution in [-0.4, -0.2) is 29.5 Å². The van der Waals surface area contributed by atoms with E-state index in [9.17, 15) is 0 Å². The van der Waals surface area contributed by atoms with Crippen molar-refractivity contribution in [1.29, 1.82) is 0 Å². The van der Waals surface area contributed by atoms with Crippen LogP contribution < -0.4 is 5.32 Å². The van der Waals surface area contributed by atoms with E-state index in [1.807, 2.05) is 24.3 Å². The van der Waals surface area contributed by atoms with Gasteiger partial charge in [0.25, 0.3) is 0 Å². The molecule has 2 heterocycles. The molecule has 1 aromatic heterocycles. The van der Waals surface area contributed by atoms with Crippen LogP contribution in [0.2, 0.25) is 0 Å². The van der Waals surface area contributed by atoms with Gasteiger partial charge in [0, 0.05) is 30.5 Å². The van der Waals surface area contributed by atoms with Gasteiger partial charge >= 0.3 is 0 Å². The van der Waals surface area contributed by atoms with Crippen LogP contribution in [0.4, 0.5) is 5.69 Å². The van der Waals surface area contributed by atoms with E-state index in [2.05, 4.69) is 15.5 Å². The maximum atomic E-state index is 5.46. The lowest BCUT2D eigenvalue weighted by atomic mass is 10.1. The molecule has 0 radical (unpaired) electrons. The molecule has 5 nitrogen and oxygen atoms in total. The van der Waals surface area contributed by atoms with E-state index in [4.69, 9.17) is 9.15 Å². The summed E-state index contributed by atoms with van der Waals surface area (Å²) < 4.78 is 10.6. The third-order valence-corrected chi connectivity index (χ3v) is 3.31. The Morgan fingerprint density at radius 2 is 2.00 bits per heavy atom. The Hall–Kier alpha value is -1.88. The van der Waals surface area contributed by atoms with Crippen molar-refractivity contribution in [2.24, 2.45) is 0 Å². The SMILES string of the molecule is c1nnc(-c2ccc(NC3CCCOCC3)cc2)o1. The van der Waals surface area contributed by atoms with Gasteiger partial charge in [-0.3, -0.25) is 0 Å². The van der Waals surface area contributed by atoms with Crippen molar-refractivity contribution in [2.45, 2.75) is 25.3 Å². The fourth-order valence-electron chi connectivity index (χ4n) is 2.29. The monoisotopic (exact) mass is 259 g/mol. The number of hydrogen-bond donors (Lipinski definition) is 1. The maximum Gasteiger partial charge on any atom is 0.247 e. The molecule has 1 atom stereocenters. The molecule has 0 spiro atoms. The van der Waals surface area contributed by atoms with Crippen LogP contribution >= 0.6 is 0 Å². The van der Waals surface area contributed by atoms with Gasteiger partial charge in [-0.05, 0) is 43.5 Å².